The van der Waals surface area contributed by atoms with E-state index in [1.165, 1.54) is 0 Å². The van der Waals surface area contributed by atoms with Crippen molar-refractivity contribution in [2.45, 2.75) is 38.1 Å². The first-order valence-electron chi connectivity index (χ1n) is 6.60. The summed E-state index contributed by atoms with van der Waals surface area (Å²) in [5, 5.41) is 0.509. The number of benzene rings is 1. The second-order valence-electron chi connectivity index (χ2n) is 5.04. The van der Waals surface area contributed by atoms with E-state index in [1.54, 1.807) is 20.3 Å². The Kier molecular flexibility index (Phi) is 4.36. The third-order valence-electron chi connectivity index (χ3n) is 4.03. The molecule has 0 heterocycles. The van der Waals surface area contributed by atoms with Gasteiger partial charge in [0.25, 0.3) is 0 Å². The average Bonchev–Trinajstić information content (AvgIpc) is 2.91. The van der Waals surface area contributed by atoms with Crippen LogP contribution in [0.2, 0.25) is 5.02 Å². The molecule has 2 rings (SSSR count). The molecule has 20 heavy (non-hydrogen) atoms. The third kappa shape index (κ3) is 2.30. The van der Waals surface area contributed by atoms with Crippen LogP contribution < -0.4 is 9.47 Å². The molecule has 1 aromatic rings. The van der Waals surface area contributed by atoms with Crippen molar-refractivity contribution < 1.29 is 14.3 Å². The number of isocyanates is 1. The molecule has 1 saturated carbocycles. The molecule has 4 nitrogen and oxygen atoms in total. The SMILES string of the molecule is COc1cc(C2(N=C=O)CCCC2)c(OC)c(Cl)c1C. The number of hydrogen-bond donors (Lipinski definition) is 0. The highest BCUT2D eigenvalue weighted by molar-refractivity contribution is 6.33. The predicted octanol–water partition coefficient (Wildman–Crippen LogP) is 3.77. The molecule has 1 aliphatic carbocycles. The normalized spacial score (nSPS) is 16.6. The van der Waals surface area contributed by atoms with Gasteiger partial charge in [-0.25, -0.2) is 4.79 Å². The molecule has 5 heteroatoms. The Hall–Kier alpha value is -1.51. The first kappa shape index (κ1) is 14.9. The van der Waals surface area contributed by atoms with E-state index in [0.29, 0.717) is 16.5 Å². The van der Waals surface area contributed by atoms with Crippen LogP contribution in [0.1, 0.15) is 36.8 Å². The van der Waals surface area contributed by atoms with Crippen LogP contribution in [0, 0.1) is 6.92 Å². The molecule has 0 spiro atoms. The van der Waals surface area contributed by atoms with Crippen molar-refractivity contribution in [3.8, 4) is 11.5 Å². The van der Waals surface area contributed by atoms with Crippen LogP contribution in [0.25, 0.3) is 0 Å². The van der Waals surface area contributed by atoms with E-state index in [2.05, 4.69) is 4.99 Å². The number of carbonyl (C=O) groups excluding carboxylic acids is 1. The van der Waals surface area contributed by atoms with Crippen LogP contribution >= 0.6 is 11.6 Å². The molecule has 108 valence electrons. The molecule has 1 aromatic carbocycles. The number of ether oxygens (including phenoxy) is 2. The lowest BCUT2D eigenvalue weighted by atomic mass is 9.87. The molecule has 0 aromatic heterocycles. The molecule has 0 aliphatic heterocycles. The van der Waals surface area contributed by atoms with Crippen molar-refractivity contribution in [1.29, 1.82) is 0 Å². The monoisotopic (exact) mass is 295 g/mol. The zero-order valence-corrected chi connectivity index (χ0v) is 12.7. The first-order valence-corrected chi connectivity index (χ1v) is 6.98. The van der Waals surface area contributed by atoms with E-state index in [-0.39, 0.29) is 0 Å². The van der Waals surface area contributed by atoms with Crippen LogP contribution in [0.15, 0.2) is 11.1 Å². The highest BCUT2D eigenvalue weighted by Gasteiger charge is 2.39. The van der Waals surface area contributed by atoms with Crippen LogP contribution in [-0.2, 0) is 10.3 Å². The maximum atomic E-state index is 10.8. The Labute approximate surface area is 123 Å². The number of halogens is 1. The molecular weight excluding hydrogens is 278 g/mol. The summed E-state index contributed by atoms with van der Waals surface area (Å²) in [7, 11) is 3.17. The third-order valence-corrected chi connectivity index (χ3v) is 4.49. The summed E-state index contributed by atoms with van der Waals surface area (Å²) >= 11 is 6.38. The summed E-state index contributed by atoms with van der Waals surface area (Å²) in [5.41, 5.74) is 1.05. The topological polar surface area (TPSA) is 47.9 Å². The molecule has 0 N–H and O–H groups in total. The smallest absolute Gasteiger partial charge is 0.235 e. The second-order valence-corrected chi connectivity index (χ2v) is 5.42. The van der Waals surface area contributed by atoms with Crippen molar-refractivity contribution in [2.75, 3.05) is 14.2 Å². The summed E-state index contributed by atoms with van der Waals surface area (Å²) in [4.78, 5) is 14.9. The quantitative estimate of drug-likeness (QED) is 0.627. The fraction of sp³-hybridized carbons (Fsp3) is 0.533. The lowest BCUT2D eigenvalue weighted by molar-refractivity contribution is 0.370. The molecule has 0 amide bonds. The number of nitrogens with zero attached hydrogens (tertiary/aromatic N) is 1. The standard InChI is InChI=1S/C15H18ClNO3/c1-10-12(19-2)8-11(14(20-3)13(10)16)15(17-9-18)6-4-5-7-15/h8H,4-7H2,1-3H3. The van der Waals surface area contributed by atoms with Gasteiger partial charge in [0, 0.05) is 11.1 Å². The summed E-state index contributed by atoms with van der Waals surface area (Å²) in [6.45, 7) is 1.87. The zero-order valence-electron chi connectivity index (χ0n) is 12.0. The number of hydrogen-bond acceptors (Lipinski definition) is 4. The molecule has 0 radical (unpaired) electrons. The lowest BCUT2D eigenvalue weighted by Gasteiger charge is -2.27. The first-order chi connectivity index (χ1) is 9.59. The minimum Gasteiger partial charge on any atom is -0.496 e. The van der Waals surface area contributed by atoms with Crippen molar-refractivity contribution in [3.63, 3.8) is 0 Å². The maximum absolute atomic E-state index is 10.8. The zero-order chi connectivity index (χ0) is 14.8. The van der Waals surface area contributed by atoms with Gasteiger partial charge in [-0.2, -0.15) is 4.99 Å². The lowest BCUT2D eigenvalue weighted by Crippen LogP contribution is -2.20. The van der Waals surface area contributed by atoms with Gasteiger partial charge >= 0.3 is 0 Å². The van der Waals surface area contributed by atoms with Crippen LogP contribution in [0.3, 0.4) is 0 Å². The Morgan fingerprint density at radius 2 is 1.95 bits per heavy atom. The van der Waals surface area contributed by atoms with Crippen molar-refractivity contribution in [3.05, 3.63) is 22.2 Å². The van der Waals surface area contributed by atoms with E-state index < -0.39 is 5.54 Å². The minimum atomic E-state index is -0.586. The van der Waals surface area contributed by atoms with Crippen LogP contribution in [-0.4, -0.2) is 20.3 Å². The minimum absolute atomic E-state index is 0.509. The molecular formula is C15H18ClNO3. The highest BCUT2D eigenvalue weighted by Crippen LogP contribution is 2.50. The van der Waals surface area contributed by atoms with Gasteiger partial charge in [-0.15, -0.1) is 0 Å². The van der Waals surface area contributed by atoms with Gasteiger partial charge in [-0.1, -0.05) is 24.4 Å². The Morgan fingerprint density at radius 3 is 2.45 bits per heavy atom. The maximum Gasteiger partial charge on any atom is 0.235 e. The molecule has 0 bridgehead atoms. The van der Waals surface area contributed by atoms with Gasteiger partial charge in [0.05, 0.1) is 19.2 Å². The largest absolute Gasteiger partial charge is 0.496 e. The van der Waals surface area contributed by atoms with Gasteiger partial charge in [0.1, 0.15) is 17.0 Å². The van der Waals surface area contributed by atoms with E-state index in [9.17, 15) is 4.79 Å². The summed E-state index contributed by atoms with van der Waals surface area (Å²) in [5.74, 6) is 1.25. The van der Waals surface area contributed by atoms with Gasteiger partial charge in [-0.3, -0.25) is 0 Å². The number of aliphatic imine (C=N–C) groups is 1. The molecule has 0 unspecified atom stereocenters. The van der Waals surface area contributed by atoms with E-state index in [4.69, 9.17) is 21.1 Å². The summed E-state index contributed by atoms with van der Waals surface area (Å²) in [6, 6.07) is 1.88. The fourth-order valence-electron chi connectivity index (χ4n) is 2.95. The van der Waals surface area contributed by atoms with Crippen LogP contribution in [0.4, 0.5) is 0 Å². The van der Waals surface area contributed by atoms with Crippen molar-refractivity contribution >= 4 is 17.7 Å². The Balaban J connectivity index is 2.71. The van der Waals surface area contributed by atoms with Gasteiger partial charge in [0.15, 0.2) is 0 Å². The molecule has 1 fully saturated rings. The Morgan fingerprint density at radius 1 is 1.30 bits per heavy atom. The Bertz CT molecular complexity index is 559. The van der Waals surface area contributed by atoms with Crippen LogP contribution in [0.5, 0.6) is 11.5 Å². The van der Waals surface area contributed by atoms with Gasteiger partial charge in [0.2, 0.25) is 6.08 Å². The highest BCUT2D eigenvalue weighted by atomic mass is 35.5. The second kappa shape index (κ2) is 5.86. The summed E-state index contributed by atoms with van der Waals surface area (Å²) < 4.78 is 10.8. The van der Waals surface area contributed by atoms with Crippen molar-refractivity contribution in [1.82, 2.24) is 0 Å². The van der Waals surface area contributed by atoms with E-state index in [1.807, 2.05) is 13.0 Å². The number of rotatable bonds is 4. The average molecular weight is 296 g/mol. The van der Waals surface area contributed by atoms with Gasteiger partial charge in [-0.05, 0) is 25.8 Å². The van der Waals surface area contributed by atoms with Gasteiger partial charge < -0.3 is 9.47 Å². The van der Waals surface area contributed by atoms with Crippen molar-refractivity contribution in [2.24, 2.45) is 4.99 Å². The summed E-state index contributed by atoms with van der Waals surface area (Å²) in [6.07, 6.45) is 5.33. The predicted molar refractivity (Wildman–Crippen MR) is 77.6 cm³/mol. The molecule has 0 atom stereocenters. The molecule has 1 aliphatic rings. The number of methoxy groups -OCH3 is 2. The van der Waals surface area contributed by atoms with E-state index >= 15 is 0 Å². The fourth-order valence-corrected chi connectivity index (χ4v) is 3.22. The molecule has 0 saturated heterocycles. The van der Waals surface area contributed by atoms with E-state index in [0.717, 1.165) is 36.8 Å².